The number of nitrogens with one attached hydrogen (secondary N) is 1. The number of hydrogen-bond donors (Lipinski definition) is 2. The van der Waals surface area contributed by atoms with Gasteiger partial charge in [0.05, 0.1) is 16.1 Å². The van der Waals surface area contributed by atoms with Crippen molar-refractivity contribution in [2.24, 2.45) is 0 Å². The minimum atomic E-state index is -1.08. The molecule has 0 aromatic carbocycles. The molecular formula is C7H8N2O3S. The average Bonchev–Trinajstić information content (AvgIpc) is 2.47. The van der Waals surface area contributed by atoms with Crippen LogP contribution in [-0.2, 0) is 9.59 Å². The van der Waals surface area contributed by atoms with E-state index in [0.717, 1.165) is 0 Å². The minimum absolute atomic E-state index is 0.373. The van der Waals surface area contributed by atoms with Crippen LogP contribution in [0.2, 0.25) is 0 Å². The van der Waals surface area contributed by atoms with Gasteiger partial charge in [-0.15, -0.1) is 11.3 Å². The highest BCUT2D eigenvalue weighted by Gasteiger charge is 2.22. The number of carboxylic acid groups (broad SMARTS) is 1. The largest absolute Gasteiger partial charge is 0.479 e. The van der Waals surface area contributed by atoms with E-state index in [1.807, 2.05) is 0 Å². The molecule has 13 heavy (non-hydrogen) atoms. The molecule has 0 aliphatic rings. The number of thiazole rings is 1. The van der Waals surface area contributed by atoms with Gasteiger partial charge in [0, 0.05) is 0 Å². The van der Waals surface area contributed by atoms with Crippen molar-refractivity contribution in [1.82, 2.24) is 10.3 Å². The smallest absolute Gasteiger partial charge is 0.331 e. The zero-order valence-electron chi connectivity index (χ0n) is 6.85. The number of aromatic nitrogens is 1. The fourth-order valence-corrected chi connectivity index (χ4v) is 1.77. The maximum absolute atomic E-state index is 10.7. The predicted molar refractivity (Wildman–Crippen MR) is 46.4 cm³/mol. The van der Waals surface area contributed by atoms with Gasteiger partial charge >= 0.3 is 5.97 Å². The second kappa shape index (κ2) is 3.99. The van der Waals surface area contributed by atoms with Gasteiger partial charge in [-0.25, -0.2) is 9.78 Å². The maximum atomic E-state index is 10.7. The molecule has 1 aromatic heterocycles. The molecule has 1 heterocycles. The summed E-state index contributed by atoms with van der Waals surface area (Å²) in [6.45, 7) is 1.70. The third kappa shape index (κ3) is 2.03. The third-order valence-electron chi connectivity index (χ3n) is 1.53. The first kappa shape index (κ1) is 9.66. The first-order chi connectivity index (χ1) is 6.16. The number of carboxylic acids is 1. The van der Waals surface area contributed by atoms with E-state index in [-0.39, 0.29) is 0 Å². The Kier molecular flexibility index (Phi) is 2.97. The Morgan fingerprint density at radius 2 is 2.54 bits per heavy atom. The molecule has 0 aliphatic heterocycles. The minimum Gasteiger partial charge on any atom is -0.479 e. The Balaban J connectivity index is 2.94. The zero-order valence-corrected chi connectivity index (χ0v) is 7.67. The van der Waals surface area contributed by atoms with E-state index >= 15 is 0 Å². The molecule has 2 N–H and O–H groups in total. The van der Waals surface area contributed by atoms with Crippen molar-refractivity contribution in [3.05, 3.63) is 16.1 Å². The molecule has 0 spiro atoms. The van der Waals surface area contributed by atoms with Crippen molar-refractivity contribution in [2.75, 3.05) is 0 Å². The molecule has 6 heteroatoms. The van der Waals surface area contributed by atoms with Gasteiger partial charge in [-0.05, 0) is 6.92 Å². The molecule has 0 aliphatic carbocycles. The Labute approximate surface area is 78.4 Å². The quantitative estimate of drug-likeness (QED) is 0.686. The summed E-state index contributed by atoms with van der Waals surface area (Å²) >= 11 is 1.21. The first-order valence-corrected chi connectivity index (χ1v) is 4.37. The summed E-state index contributed by atoms with van der Waals surface area (Å²) in [5.41, 5.74) is 2.18. The number of hydrogen-bond acceptors (Lipinski definition) is 4. The highest BCUT2D eigenvalue weighted by molar-refractivity contribution is 7.10. The monoisotopic (exact) mass is 200 g/mol. The molecule has 0 saturated heterocycles. The summed E-state index contributed by atoms with van der Waals surface area (Å²) < 4.78 is 0. The molecule has 1 atom stereocenters. The molecule has 1 aromatic rings. The number of nitrogens with zero attached hydrogens (tertiary/aromatic N) is 1. The summed E-state index contributed by atoms with van der Waals surface area (Å²) in [7, 11) is 0. The van der Waals surface area contributed by atoms with Crippen molar-refractivity contribution >= 4 is 23.7 Å². The maximum Gasteiger partial charge on any atom is 0.331 e. The van der Waals surface area contributed by atoms with Crippen molar-refractivity contribution in [3.63, 3.8) is 0 Å². The third-order valence-corrected chi connectivity index (χ3v) is 2.52. The van der Waals surface area contributed by atoms with Crippen LogP contribution in [0.1, 0.15) is 16.6 Å². The summed E-state index contributed by atoms with van der Waals surface area (Å²) in [4.78, 5) is 25.3. The first-order valence-electron chi connectivity index (χ1n) is 3.49. The SMILES string of the molecule is Cc1ncsc1C(NC=O)C(=O)O. The van der Waals surface area contributed by atoms with Crippen molar-refractivity contribution in [1.29, 1.82) is 0 Å². The van der Waals surface area contributed by atoms with Crippen LogP contribution < -0.4 is 5.32 Å². The summed E-state index contributed by atoms with van der Waals surface area (Å²) in [6, 6.07) is -0.981. The van der Waals surface area contributed by atoms with Gasteiger partial charge < -0.3 is 10.4 Å². The lowest BCUT2D eigenvalue weighted by Gasteiger charge is -2.08. The van der Waals surface area contributed by atoms with Crippen LogP contribution in [0.25, 0.3) is 0 Å². The van der Waals surface area contributed by atoms with Gasteiger partial charge in [-0.1, -0.05) is 0 Å². The van der Waals surface area contributed by atoms with Gasteiger partial charge in [0.15, 0.2) is 6.04 Å². The number of aryl methyl sites for hydroxylation is 1. The van der Waals surface area contributed by atoms with E-state index in [1.54, 1.807) is 12.4 Å². The predicted octanol–water partition coefficient (Wildman–Crippen LogP) is 0.323. The molecule has 0 fully saturated rings. The molecule has 1 amide bonds. The second-order valence-electron chi connectivity index (χ2n) is 2.36. The van der Waals surface area contributed by atoms with Crippen LogP contribution in [0.5, 0.6) is 0 Å². The van der Waals surface area contributed by atoms with Crippen molar-refractivity contribution in [2.45, 2.75) is 13.0 Å². The van der Waals surface area contributed by atoms with Crippen LogP contribution in [-0.4, -0.2) is 22.5 Å². The number of rotatable bonds is 4. The molecular weight excluding hydrogens is 192 g/mol. The Morgan fingerprint density at radius 1 is 1.85 bits per heavy atom. The van der Waals surface area contributed by atoms with Crippen LogP contribution in [0.4, 0.5) is 0 Å². The number of carbonyl (C=O) groups excluding carboxylic acids is 1. The summed E-state index contributed by atoms with van der Waals surface area (Å²) in [5, 5.41) is 11.0. The van der Waals surface area contributed by atoms with Gasteiger partial charge in [0.25, 0.3) is 0 Å². The molecule has 0 bridgehead atoms. The Bertz CT molecular complexity index is 323. The van der Waals surface area contributed by atoms with E-state index in [9.17, 15) is 9.59 Å². The molecule has 0 radical (unpaired) electrons. The van der Waals surface area contributed by atoms with Gasteiger partial charge in [0.2, 0.25) is 6.41 Å². The van der Waals surface area contributed by atoms with Crippen molar-refractivity contribution in [3.8, 4) is 0 Å². The molecule has 1 rings (SSSR count). The fraction of sp³-hybridized carbons (Fsp3) is 0.286. The van der Waals surface area contributed by atoms with E-state index in [2.05, 4.69) is 10.3 Å². The van der Waals surface area contributed by atoms with Gasteiger partial charge in [-0.2, -0.15) is 0 Å². The van der Waals surface area contributed by atoms with E-state index in [0.29, 0.717) is 17.0 Å². The molecule has 0 saturated carbocycles. The molecule has 70 valence electrons. The lowest BCUT2D eigenvalue weighted by Crippen LogP contribution is -2.27. The molecule has 5 nitrogen and oxygen atoms in total. The Hall–Kier alpha value is -1.43. The van der Waals surface area contributed by atoms with Crippen LogP contribution >= 0.6 is 11.3 Å². The summed E-state index contributed by atoms with van der Waals surface area (Å²) in [5.74, 6) is -1.08. The highest BCUT2D eigenvalue weighted by atomic mass is 32.1. The lowest BCUT2D eigenvalue weighted by atomic mass is 10.2. The standard InChI is InChI=1S/C7H8N2O3S/c1-4-6(13-3-9-4)5(7(11)12)8-2-10/h2-3,5H,1H3,(H,8,10)(H,11,12). The Morgan fingerprint density at radius 3 is 2.92 bits per heavy atom. The molecule has 1 unspecified atom stereocenters. The zero-order chi connectivity index (χ0) is 9.84. The van der Waals surface area contributed by atoms with E-state index < -0.39 is 12.0 Å². The number of carbonyl (C=O) groups is 2. The average molecular weight is 200 g/mol. The second-order valence-corrected chi connectivity index (χ2v) is 3.24. The van der Waals surface area contributed by atoms with Gasteiger partial charge in [0.1, 0.15) is 0 Å². The highest BCUT2D eigenvalue weighted by Crippen LogP contribution is 2.21. The van der Waals surface area contributed by atoms with Crippen LogP contribution in [0.15, 0.2) is 5.51 Å². The lowest BCUT2D eigenvalue weighted by molar-refractivity contribution is -0.140. The summed E-state index contributed by atoms with van der Waals surface area (Å²) in [6.07, 6.45) is 0.373. The fourth-order valence-electron chi connectivity index (χ4n) is 0.915. The van der Waals surface area contributed by atoms with Gasteiger partial charge in [-0.3, -0.25) is 4.79 Å². The van der Waals surface area contributed by atoms with Crippen LogP contribution in [0.3, 0.4) is 0 Å². The van der Waals surface area contributed by atoms with E-state index in [1.165, 1.54) is 11.3 Å². The van der Waals surface area contributed by atoms with Crippen LogP contribution in [0, 0.1) is 6.92 Å². The topological polar surface area (TPSA) is 79.3 Å². The normalized spacial score (nSPS) is 12.1. The number of amides is 1. The van der Waals surface area contributed by atoms with E-state index in [4.69, 9.17) is 5.11 Å². The number of aliphatic carboxylic acids is 1. The van der Waals surface area contributed by atoms with Crippen molar-refractivity contribution < 1.29 is 14.7 Å².